The van der Waals surface area contributed by atoms with Gasteiger partial charge in [-0.1, -0.05) is 25.0 Å². The van der Waals surface area contributed by atoms with Gasteiger partial charge in [0.2, 0.25) is 11.8 Å². The summed E-state index contributed by atoms with van der Waals surface area (Å²) >= 11 is 1.51. The van der Waals surface area contributed by atoms with Crippen LogP contribution in [0.4, 0.5) is 5.69 Å². The van der Waals surface area contributed by atoms with Gasteiger partial charge in [-0.3, -0.25) is 19.2 Å². The van der Waals surface area contributed by atoms with Gasteiger partial charge in [-0.05, 0) is 43.6 Å². The van der Waals surface area contributed by atoms with Crippen molar-refractivity contribution in [2.45, 2.75) is 37.0 Å². The number of carbonyl (C=O) groups excluding carboxylic acids is 4. The maximum Gasteiger partial charge on any atom is 0.322 e. The number of nitrogens with zero attached hydrogens (tertiary/aromatic N) is 1. The molecule has 1 aliphatic carbocycles. The molecule has 1 aromatic carbocycles. The van der Waals surface area contributed by atoms with Crippen molar-refractivity contribution in [1.82, 2.24) is 10.2 Å². The van der Waals surface area contributed by atoms with E-state index in [1.165, 1.54) is 23.7 Å². The average Bonchev–Trinajstić information content (AvgIpc) is 3.42. The first-order chi connectivity index (χ1) is 14.9. The third-order valence-electron chi connectivity index (χ3n) is 6.14. The molecule has 8 nitrogen and oxygen atoms in total. The standard InChI is InChI=1S/C22H29N3O5S/c1-25(13-18(26)24-16-9-5-6-10-17(16)31-2)19(27)14-30-21(29)22(11-12-23-20(22)28)15-7-3-4-8-15/h5-6,9-10,15H,3-4,7-8,11-14H2,1-2H3,(H,23,28)(H,24,26). The van der Waals surface area contributed by atoms with E-state index in [0.29, 0.717) is 18.7 Å². The number of benzene rings is 1. The lowest BCUT2D eigenvalue weighted by Crippen LogP contribution is -2.46. The van der Waals surface area contributed by atoms with Crippen molar-refractivity contribution in [2.24, 2.45) is 11.3 Å². The molecule has 1 aromatic rings. The molecule has 1 unspecified atom stereocenters. The van der Waals surface area contributed by atoms with Crippen molar-refractivity contribution in [2.75, 3.05) is 38.3 Å². The summed E-state index contributed by atoms with van der Waals surface area (Å²) in [6.45, 7) is -0.227. The summed E-state index contributed by atoms with van der Waals surface area (Å²) in [5.74, 6) is -1.81. The van der Waals surface area contributed by atoms with Crippen LogP contribution in [0.3, 0.4) is 0 Å². The highest BCUT2D eigenvalue weighted by atomic mass is 32.2. The zero-order valence-electron chi connectivity index (χ0n) is 17.9. The average molecular weight is 448 g/mol. The van der Waals surface area contributed by atoms with Crippen LogP contribution in [-0.2, 0) is 23.9 Å². The van der Waals surface area contributed by atoms with E-state index in [9.17, 15) is 19.2 Å². The van der Waals surface area contributed by atoms with Gasteiger partial charge < -0.3 is 20.3 Å². The summed E-state index contributed by atoms with van der Waals surface area (Å²) in [6, 6.07) is 7.40. The number of anilines is 1. The summed E-state index contributed by atoms with van der Waals surface area (Å²) in [5, 5.41) is 5.54. The molecule has 3 amide bonds. The molecule has 2 aliphatic rings. The first kappa shape index (κ1) is 23.1. The monoisotopic (exact) mass is 447 g/mol. The third kappa shape index (κ3) is 5.03. The highest BCUT2D eigenvalue weighted by molar-refractivity contribution is 7.98. The molecule has 0 bridgehead atoms. The van der Waals surface area contributed by atoms with Gasteiger partial charge in [-0.25, -0.2) is 0 Å². The Morgan fingerprint density at radius 3 is 2.61 bits per heavy atom. The minimum atomic E-state index is -1.19. The quantitative estimate of drug-likeness (QED) is 0.359. The summed E-state index contributed by atoms with van der Waals surface area (Å²) in [6.07, 6.45) is 5.92. The van der Waals surface area contributed by atoms with Crippen molar-refractivity contribution >= 4 is 41.1 Å². The SMILES string of the molecule is CSc1ccccc1NC(=O)CN(C)C(=O)COC(=O)C1(C2CCCC2)CCNC1=O. The molecular formula is C22H29N3O5S. The van der Waals surface area contributed by atoms with Gasteiger partial charge in [-0.15, -0.1) is 11.8 Å². The van der Waals surface area contributed by atoms with Gasteiger partial charge in [0.1, 0.15) is 0 Å². The lowest BCUT2D eigenvalue weighted by atomic mass is 9.73. The molecule has 168 valence electrons. The second kappa shape index (κ2) is 10.2. The van der Waals surface area contributed by atoms with Crippen molar-refractivity contribution in [3.05, 3.63) is 24.3 Å². The zero-order valence-corrected chi connectivity index (χ0v) is 18.8. The van der Waals surface area contributed by atoms with Crippen LogP contribution in [0.1, 0.15) is 32.1 Å². The molecule has 0 aromatic heterocycles. The van der Waals surface area contributed by atoms with E-state index >= 15 is 0 Å². The largest absolute Gasteiger partial charge is 0.455 e. The van der Waals surface area contributed by atoms with E-state index in [2.05, 4.69) is 10.6 Å². The molecule has 3 rings (SSSR count). The number of nitrogens with one attached hydrogen (secondary N) is 2. The fourth-order valence-corrected chi connectivity index (χ4v) is 4.98. The molecule has 1 atom stereocenters. The van der Waals surface area contributed by atoms with E-state index in [4.69, 9.17) is 4.74 Å². The zero-order chi connectivity index (χ0) is 22.4. The maximum absolute atomic E-state index is 12.9. The first-order valence-corrected chi connectivity index (χ1v) is 11.7. The topological polar surface area (TPSA) is 105 Å². The van der Waals surface area contributed by atoms with Gasteiger partial charge in [-0.2, -0.15) is 0 Å². The lowest BCUT2D eigenvalue weighted by Gasteiger charge is -2.30. The Labute approximate surface area is 186 Å². The Morgan fingerprint density at radius 2 is 1.97 bits per heavy atom. The number of ether oxygens (including phenoxy) is 1. The van der Waals surface area contributed by atoms with Gasteiger partial charge >= 0.3 is 5.97 Å². The fourth-order valence-electron chi connectivity index (χ4n) is 4.42. The molecule has 1 heterocycles. The van der Waals surface area contributed by atoms with Crippen LogP contribution < -0.4 is 10.6 Å². The molecule has 9 heteroatoms. The molecule has 1 saturated carbocycles. The van der Waals surface area contributed by atoms with Crippen LogP contribution in [0.5, 0.6) is 0 Å². The van der Waals surface area contributed by atoms with Crippen molar-refractivity contribution < 1.29 is 23.9 Å². The second-order valence-corrected chi connectivity index (χ2v) is 8.88. The van der Waals surface area contributed by atoms with Crippen LogP contribution in [0.15, 0.2) is 29.2 Å². The van der Waals surface area contributed by atoms with E-state index in [0.717, 1.165) is 30.6 Å². The van der Waals surface area contributed by atoms with Crippen LogP contribution in [0.2, 0.25) is 0 Å². The number of hydrogen-bond acceptors (Lipinski definition) is 6. The van der Waals surface area contributed by atoms with Crippen LogP contribution in [-0.4, -0.2) is 61.6 Å². The Hall–Kier alpha value is -2.55. The minimum Gasteiger partial charge on any atom is -0.455 e. The second-order valence-electron chi connectivity index (χ2n) is 8.03. The number of esters is 1. The minimum absolute atomic E-state index is 0.0439. The normalized spacial score (nSPS) is 20.9. The summed E-state index contributed by atoms with van der Waals surface area (Å²) in [5.41, 5.74) is -0.508. The van der Waals surface area contributed by atoms with Crippen LogP contribution >= 0.6 is 11.8 Å². The molecule has 1 saturated heterocycles. The number of hydrogen-bond donors (Lipinski definition) is 2. The van der Waals surface area contributed by atoms with E-state index < -0.39 is 23.9 Å². The van der Waals surface area contributed by atoms with Gasteiger partial charge in [0, 0.05) is 18.5 Å². The smallest absolute Gasteiger partial charge is 0.322 e. The Kier molecular flexibility index (Phi) is 7.59. The first-order valence-electron chi connectivity index (χ1n) is 10.5. The highest BCUT2D eigenvalue weighted by Crippen LogP contribution is 2.45. The third-order valence-corrected chi connectivity index (χ3v) is 6.94. The van der Waals surface area contributed by atoms with Crippen molar-refractivity contribution in [1.29, 1.82) is 0 Å². The van der Waals surface area contributed by atoms with E-state index in [1.54, 1.807) is 6.07 Å². The van der Waals surface area contributed by atoms with Crippen LogP contribution in [0.25, 0.3) is 0 Å². The number of thioether (sulfide) groups is 1. The maximum atomic E-state index is 12.9. The number of rotatable bonds is 8. The molecule has 2 fully saturated rings. The summed E-state index contributed by atoms with van der Waals surface area (Å²) in [7, 11) is 1.48. The number of carbonyl (C=O) groups is 4. The lowest BCUT2D eigenvalue weighted by molar-refractivity contribution is -0.167. The molecule has 0 radical (unpaired) electrons. The van der Waals surface area contributed by atoms with E-state index in [-0.39, 0.29) is 24.3 Å². The van der Waals surface area contributed by atoms with Crippen molar-refractivity contribution in [3.8, 4) is 0 Å². The number of amides is 3. The Morgan fingerprint density at radius 1 is 1.26 bits per heavy atom. The molecule has 2 N–H and O–H groups in total. The molecule has 0 spiro atoms. The number of para-hydroxylation sites is 1. The fraction of sp³-hybridized carbons (Fsp3) is 0.545. The predicted octanol–water partition coefficient (Wildman–Crippen LogP) is 2.05. The van der Waals surface area contributed by atoms with E-state index in [1.807, 2.05) is 24.5 Å². The van der Waals surface area contributed by atoms with Gasteiger partial charge in [0.05, 0.1) is 12.2 Å². The summed E-state index contributed by atoms with van der Waals surface area (Å²) < 4.78 is 5.31. The van der Waals surface area contributed by atoms with Crippen LogP contribution in [0, 0.1) is 11.3 Å². The summed E-state index contributed by atoms with van der Waals surface area (Å²) in [4.78, 5) is 52.3. The Balaban J connectivity index is 1.54. The van der Waals surface area contributed by atoms with Crippen molar-refractivity contribution in [3.63, 3.8) is 0 Å². The molecule has 31 heavy (non-hydrogen) atoms. The molecular weight excluding hydrogens is 418 g/mol. The van der Waals surface area contributed by atoms with Gasteiger partial charge in [0.15, 0.2) is 12.0 Å². The Bertz CT molecular complexity index is 855. The molecule has 1 aliphatic heterocycles. The van der Waals surface area contributed by atoms with Gasteiger partial charge in [0.25, 0.3) is 5.91 Å². The number of likely N-dealkylation sites (N-methyl/N-ethyl adjacent to an activating group) is 1. The highest BCUT2D eigenvalue weighted by Gasteiger charge is 2.56. The predicted molar refractivity (Wildman–Crippen MR) is 117 cm³/mol.